The third-order valence-corrected chi connectivity index (χ3v) is 5.66. The van der Waals surface area contributed by atoms with Crippen molar-refractivity contribution in [1.82, 2.24) is 10.2 Å². The van der Waals surface area contributed by atoms with E-state index < -0.39 is 0 Å². The van der Waals surface area contributed by atoms with E-state index in [1.807, 2.05) is 23.1 Å². The zero-order chi connectivity index (χ0) is 15.8. The Labute approximate surface area is 137 Å². The van der Waals surface area contributed by atoms with Gasteiger partial charge in [0.1, 0.15) is 0 Å². The molecule has 3 aliphatic heterocycles. The number of amides is 2. The van der Waals surface area contributed by atoms with Crippen molar-refractivity contribution in [2.75, 3.05) is 38.1 Å². The lowest BCUT2D eigenvalue weighted by Crippen LogP contribution is -2.42. The van der Waals surface area contributed by atoms with Gasteiger partial charge in [-0.25, -0.2) is 4.79 Å². The topological polar surface area (TPSA) is 44.8 Å². The summed E-state index contributed by atoms with van der Waals surface area (Å²) in [5.74, 6) is 1.15. The summed E-state index contributed by atoms with van der Waals surface area (Å²) in [6.45, 7) is 3.21. The molecule has 0 aromatic heterocycles. The van der Waals surface area contributed by atoms with Crippen molar-refractivity contribution in [3.8, 4) is 0 Å². The number of hydrogen-bond donors (Lipinski definition) is 1. The maximum absolute atomic E-state index is 12.4. The standard InChI is InChI=1S/C18H25N3O2/c1-20(13-5-3-2-4-6-13)10-9-19-18(22)21-11-14-15(12-21)17-8-7-16(14)23-17/h2-6,14-17H,7-12H2,1H3,(H,19,22)/t14-,15-,16-,17-/m1/s1. The summed E-state index contributed by atoms with van der Waals surface area (Å²) in [6, 6.07) is 10.3. The van der Waals surface area contributed by atoms with E-state index in [4.69, 9.17) is 4.74 Å². The Morgan fingerprint density at radius 1 is 1.22 bits per heavy atom. The second kappa shape index (κ2) is 6.04. The normalized spacial score (nSPS) is 31.3. The largest absolute Gasteiger partial charge is 0.374 e. The molecule has 124 valence electrons. The number of nitrogens with zero attached hydrogens (tertiary/aromatic N) is 2. The first-order valence-corrected chi connectivity index (χ1v) is 8.67. The van der Waals surface area contributed by atoms with Crippen molar-refractivity contribution in [3.05, 3.63) is 30.3 Å². The molecule has 1 aromatic rings. The van der Waals surface area contributed by atoms with Crippen molar-refractivity contribution in [2.24, 2.45) is 11.8 Å². The summed E-state index contributed by atoms with van der Waals surface area (Å²) in [4.78, 5) is 16.5. The average Bonchev–Trinajstić information content (AvgIpc) is 3.28. The fourth-order valence-corrected chi connectivity index (χ4v) is 4.38. The van der Waals surface area contributed by atoms with Gasteiger partial charge in [0.2, 0.25) is 0 Å². The van der Waals surface area contributed by atoms with Crippen LogP contribution in [-0.4, -0.2) is 56.4 Å². The Kier molecular flexibility index (Phi) is 3.89. The van der Waals surface area contributed by atoms with Gasteiger partial charge in [-0.3, -0.25) is 0 Å². The smallest absolute Gasteiger partial charge is 0.317 e. The van der Waals surface area contributed by atoms with Crippen LogP contribution in [0.5, 0.6) is 0 Å². The molecule has 23 heavy (non-hydrogen) atoms. The number of urea groups is 1. The second-order valence-corrected chi connectivity index (χ2v) is 7.01. The highest BCUT2D eigenvalue weighted by molar-refractivity contribution is 5.74. The number of hydrogen-bond acceptors (Lipinski definition) is 3. The van der Waals surface area contributed by atoms with E-state index >= 15 is 0 Å². The zero-order valence-corrected chi connectivity index (χ0v) is 13.6. The van der Waals surface area contributed by atoms with Crippen LogP contribution in [0.15, 0.2) is 30.3 Å². The molecule has 0 spiro atoms. The molecule has 1 N–H and O–H groups in total. The summed E-state index contributed by atoms with van der Waals surface area (Å²) in [5.41, 5.74) is 1.17. The number of benzene rings is 1. The third-order valence-electron chi connectivity index (χ3n) is 5.66. The van der Waals surface area contributed by atoms with Gasteiger partial charge in [-0.05, 0) is 25.0 Å². The van der Waals surface area contributed by atoms with Gasteiger partial charge in [0.25, 0.3) is 0 Å². The Bertz CT molecular complexity index is 547. The highest BCUT2D eigenvalue weighted by Crippen LogP contribution is 2.47. The lowest BCUT2D eigenvalue weighted by Gasteiger charge is -2.22. The van der Waals surface area contributed by atoms with Crippen LogP contribution in [0.2, 0.25) is 0 Å². The fourth-order valence-electron chi connectivity index (χ4n) is 4.38. The number of likely N-dealkylation sites (tertiary alicyclic amines) is 1. The van der Waals surface area contributed by atoms with E-state index in [2.05, 4.69) is 29.4 Å². The number of anilines is 1. The molecule has 5 heteroatoms. The predicted octanol–water partition coefficient (Wildman–Crippen LogP) is 1.94. The van der Waals surface area contributed by atoms with Crippen molar-refractivity contribution < 1.29 is 9.53 Å². The van der Waals surface area contributed by atoms with Crippen LogP contribution in [0, 0.1) is 11.8 Å². The summed E-state index contributed by atoms with van der Waals surface area (Å²) in [6.07, 6.45) is 3.19. The van der Waals surface area contributed by atoms with E-state index in [1.165, 1.54) is 18.5 Å². The first kappa shape index (κ1) is 14.8. The molecule has 2 amide bonds. The Morgan fingerprint density at radius 3 is 2.52 bits per heavy atom. The molecule has 1 aromatic carbocycles. The summed E-state index contributed by atoms with van der Waals surface area (Å²) in [5, 5.41) is 3.07. The molecule has 3 fully saturated rings. The molecule has 3 heterocycles. The van der Waals surface area contributed by atoms with Gasteiger partial charge in [0.15, 0.2) is 0 Å². The lowest BCUT2D eigenvalue weighted by molar-refractivity contribution is 0.0739. The first-order valence-electron chi connectivity index (χ1n) is 8.67. The highest BCUT2D eigenvalue weighted by atomic mass is 16.5. The van der Waals surface area contributed by atoms with Crippen molar-refractivity contribution >= 4 is 11.7 Å². The maximum Gasteiger partial charge on any atom is 0.317 e. The minimum Gasteiger partial charge on any atom is -0.374 e. The van der Waals surface area contributed by atoms with Gasteiger partial charge in [0, 0.05) is 50.7 Å². The minimum atomic E-state index is 0.0836. The first-order chi connectivity index (χ1) is 11.2. The van der Waals surface area contributed by atoms with Crippen LogP contribution in [-0.2, 0) is 4.74 Å². The van der Waals surface area contributed by atoms with E-state index in [1.54, 1.807) is 0 Å². The number of rotatable bonds is 4. The maximum atomic E-state index is 12.4. The summed E-state index contributed by atoms with van der Waals surface area (Å²) < 4.78 is 5.96. The van der Waals surface area contributed by atoms with E-state index in [0.29, 0.717) is 30.6 Å². The molecule has 4 rings (SSSR count). The average molecular weight is 315 g/mol. The minimum absolute atomic E-state index is 0.0836. The Hall–Kier alpha value is -1.75. The van der Waals surface area contributed by atoms with Crippen LogP contribution in [0.3, 0.4) is 0 Å². The molecular formula is C18H25N3O2. The van der Waals surface area contributed by atoms with Crippen molar-refractivity contribution in [2.45, 2.75) is 25.0 Å². The van der Waals surface area contributed by atoms with E-state index in [9.17, 15) is 4.79 Å². The van der Waals surface area contributed by atoms with E-state index in [0.717, 1.165) is 19.6 Å². The van der Waals surface area contributed by atoms with Gasteiger partial charge < -0.3 is 19.9 Å². The molecule has 0 aliphatic carbocycles. The van der Waals surface area contributed by atoms with Crippen LogP contribution in [0.1, 0.15) is 12.8 Å². The number of nitrogens with one attached hydrogen (secondary N) is 1. The lowest BCUT2D eigenvalue weighted by atomic mass is 9.82. The third kappa shape index (κ3) is 2.78. The van der Waals surface area contributed by atoms with Gasteiger partial charge in [-0.15, -0.1) is 0 Å². The quantitative estimate of drug-likeness (QED) is 0.923. The second-order valence-electron chi connectivity index (χ2n) is 7.01. The van der Waals surface area contributed by atoms with Gasteiger partial charge in [0.05, 0.1) is 12.2 Å². The fraction of sp³-hybridized carbons (Fsp3) is 0.611. The predicted molar refractivity (Wildman–Crippen MR) is 89.6 cm³/mol. The van der Waals surface area contributed by atoms with Gasteiger partial charge in [-0.1, -0.05) is 18.2 Å². The molecule has 4 atom stereocenters. The Balaban J connectivity index is 1.24. The number of carbonyl (C=O) groups is 1. The van der Waals surface area contributed by atoms with Gasteiger partial charge in [-0.2, -0.15) is 0 Å². The van der Waals surface area contributed by atoms with Crippen molar-refractivity contribution in [3.63, 3.8) is 0 Å². The zero-order valence-electron chi connectivity index (χ0n) is 13.6. The molecule has 0 unspecified atom stereocenters. The number of para-hydroxylation sites is 1. The number of likely N-dealkylation sites (N-methyl/N-ethyl adjacent to an activating group) is 1. The molecule has 0 saturated carbocycles. The molecule has 0 radical (unpaired) electrons. The number of ether oxygens (including phenoxy) is 1. The Morgan fingerprint density at radius 2 is 1.87 bits per heavy atom. The molecule has 3 aliphatic rings. The molecule has 5 nitrogen and oxygen atoms in total. The summed E-state index contributed by atoms with van der Waals surface area (Å²) >= 11 is 0. The van der Waals surface area contributed by atoms with Crippen LogP contribution < -0.4 is 10.2 Å². The van der Waals surface area contributed by atoms with Crippen LogP contribution in [0.25, 0.3) is 0 Å². The van der Waals surface area contributed by atoms with Crippen molar-refractivity contribution in [1.29, 1.82) is 0 Å². The van der Waals surface area contributed by atoms with Gasteiger partial charge >= 0.3 is 6.03 Å². The SMILES string of the molecule is CN(CCNC(=O)N1C[C@@H]2[C@@H](C1)[C@H]1CC[C@H]2O1)c1ccccc1. The number of carbonyl (C=O) groups excluding carboxylic acids is 1. The highest BCUT2D eigenvalue weighted by Gasteiger charge is 2.53. The van der Waals surface area contributed by atoms with Crippen LogP contribution >= 0.6 is 0 Å². The monoisotopic (exact) mass is 315 g/mol. The number of fused-ring (bicyclic) bond motifs is 5. The van der Waals surface area contributed by atoms with Crippen LogP contribution in [0.4, 0.5) is 10.5 Å². The molecular weight excluding hydrogens is 290 g/mol. The van der Waals surface area contributed by atoms with E-state index in [-0.39, 0.29) is 6.03 Å². The molecule has 2 bridgehead atoms. The molecule has 3 saturated heterocycles. The summed E-state index contributed by atoms with van der Waals surface area (Å²) in [7, 11) is 2.05.